The quantitative estimate of drug-likeness (QED) is 0.404. The van der Waals surface area contributed by atoms with Crippen LogP contribution in [0.2, 0.25) is 0 Å². The molecule has 0 radical (unpaired) electrons. The fraction of sp³-hybridized carbons (Fsp3) is 0.515. The lowest BCUT2D eigenvalue weighted by molar-refractivity contribution is -0.140. The summed E-state index contributed by atoms with van der Waals surface area (Å²) in [6.07, 6.45) is -0.403. The number of hydrogen-bond acceptors (Lipinski definition) is 5. The molecule has 236 valence electrons. The molecule has 6 rings (SSSR count). The summed E-state index contributed by atoms with van der Waals surface area (Å²) in [4.78, 5) is 34.2. The summed E-state index contributed by atoms with van der Waals surface area (Å²) in [6.45, 7) is 1.21. The minimum absolute atomic E-state index is 0.0322. The van der Waals surface area contributed by atoms with Crippen molar-refractivity contribution in [3.8, 4) is 5.75 Å². The summed E-state index contributed by atoms with van der Waals surface area (Å²) < 4.78 is 48.6. The second-order valence-corrected chi connectivity index (χ2v) is 12.7. The molecule has 44 heavy (non-hydrogen) atoms. The van der Waals surface area contributed by atoms with Crippen molar-refractivity contribution in [2.24, 2.45) is 5.92 Å². The lowest BCUT2D eigenvalue weighted by Gasteiger charge is -2.51. The number of aromatic nitrogens is 1. The summed E-state index contributed by atoms with van der Waals surface area (Å²) in [5.74, 6) is 0.474. The van der Waals surface area contributed by atoms with Crippen LogP contribution in [0.15, 0.2) is 36.4 Å². The van der Waals surface area contributed by atoms with Crippen LogP contribution in [-0.2, 0) is 22.9 Å². The van der Waals surface area contributed by atoms with Crippen LogP contribution in [0.4, 0.5) is 13.2 Å². The van der Waals surface area contributed by atoms with E-state index in [9.17, 15) is 27.9 Å². The van der Waals surface area contributed by atoms with Gasteiger partial charge in [-0.05, 0) is 61.1 Å². The van der Waals surface area contributed by atoms with Crippen molar-refractivity contribution in [2.75, 3.05) is 47.4 Å². The fourth-order valence-electron chi connectivity index (χ4n) is 7.34. The van der Waals surface area contributed by atoms with Gasteiger partial charge in [-0.15, -0.1) is 0 Å². The third-order valence-electron chi connectivity index (χ3n) is 9.95. The number of aliphatic hydroxyl groups is 1. The van der Waals surface area contributed by atoms with Crippen LogP contribution >= 0.6 is 0 Å². The molecule has 2 fully saturated rings. The topological polar surface area (TPSA) is 89.1 Å². The normalized spacial score (nSPS) is 20.4. The summed E-state index contributed by atoms with van der Waals surface area (Å²) in [5.41, 5.74) is 1.41. The number of fused-ring (bicyclic) bond motifs is 4. The molecule has 1 unspecified atom stereocenters. The number of methoxy groups -OCH3 is 1. The Morgan fingerprint density at radius 2 is 1.84 bits per heavy atom. The van der Waals surface area contributed by atoms with Crippen LogP contribution in [0.5, 0.6) is 5.75 Å². The van der Waals surface area contributed by atoms with Crippen molar-refractivity contribution in [3.05, 3.63) is 64.3 Å². The van der Waals surface area contributed by atoms with E-state index in [4.69, 9.17) is 4.74 Å². The molecular formula is C33H39F3N4O4. The zero-order valence-electron chi connectivity index (χ0n) is 25.3. The monoisotopic (exact) mass is 612 g/mol. The van der Waals surface area contributed by atoms with Crippen LogP contribution < -0.4 is 4.74 Å². The van der Waals surface area contributed by atoms with Crippen molar-refractivity contribution >= 4 is 22.7 Å². The number of halogens is 3. The van der Waals surface area contributed by atoms with Crippen molar-refractivity contribution in [1.29, 1.82) is 0 Å². The highest BCUT2D eigenvalue weighted by Gasteiger charge is 2.49. The first-order valence-electron chi connectivity index (χ1n) is 15.2. The van der Waals surface area contributed by atoms with Crippen molar-refractivity contribution in [3.63, 3.8) is 0 Å². The molecule has 3 heterocycles. The van der Waals surface area contributed by atoms with Crippen LogP contribution in [-0.4, -0.2) is 84.1 Å². The number of nitrogens with zero attached hydrogens (tertiary/aromatic N) is 3. The van der Waals surface area contributed by atoms with Crippen LogP contribution in [0, 0.1) is 5.92 Å². The van der Waals surface area contributed by atoms with Crippen LogP contribution in [0.25, 0.3) is 10.9 Å². The van der Waals surface area contributed by atoms with Crippen LogP contribution in [0.3, 0.4) is 0 Å². The number of aromatic amines is 1. The molecular weight excluding hydrogens is 573 g/mol. The van der Waals surface area contributed by atoms with Crippen LogP contribution in [0.1, 0.15) is 70.9 Å². The number of amides is 2. The van der Waals surface area contributed by atoms with E-state index in [-0.39, 0.29) is 36.1 Å². The molecule has 2 amide bonds. The van der Waals surface area contributed by atoms with E-state index >= 15 is 0 Å². The van der Waals surface area contributed by atoms with Crippen molar-refractivity contribution < 1.29 is 32.6 Å². The number of aliphatic hydroxyl groups excluding tert-OH is 1. The van der Waals surface area contributed by atoms with E-state index in [1.807, 2.05) is 28.0 Å². The molecule has 3 aromatic rings. The Kier molecular flexibility index (Phi) is 7.90. The summed E-state index contributed by atoms with van der Waals surface area (Å²) in [7, 11) is 4.59. The number of carbonyl (C=O) groups is 2. The number of benzene rings is 2. The minimum Gasteiger partial charge on any atom is -0.497 e. The lowest BCUT2D eigenvalue weighted by atomic mass is 9.68. The third kappa shape index (κ3) is 5.23. The molecule has 2 aliphatic heterocycles. The molecule has 1 aromatic heterocycles. The van der Waals surface area contributed by atoms with Gasteiger partial charge >= 0.3 is 6.18 Å². The molecule has 11 heteroatoms. The fourth-order valence-corrected chi connectivity index (χ4v) is 7.34. The first-order chi connectivity index (χ1) is 21.0. The zero-order chi connectivity index (χ0) is 31.4. The average molecular weight is 613 g/mol. The third-order valence-corrected chi connectivity index (χ3v) is 9.95. The highest BCUT2D eigenvalue weighted by molar-refractivity contribution is 5.94. The smallest absolute Gasteiger partial charge is 0.416 e. The molecule has 1 saturated heterocycles. The van der Waals surface area contributed by atoms with Gasteiger partial charge in [-0.25, -0.2) is 0 Å². The number of nitrogens with one attached hydrogen (secondary N) is 1. The van der Waals surface area contributed by atoms with Gasteiger partial charge in [-0.3, -0.25) is 14.5 Å². The second kappa shape index (κ2) is 11.4. The number of alkyl halides is 3. The molecule has 1 spiro atoms. The Morgan fingerprint density at radius 3 is 2.43 bits per heavy atom. The summed E-state index contributed by atoms with van der Waals surface area (Å²) in [5, 5.41) is 11.7. The summed E-state index contributed by atoms with van der Waals surface area (Å²) >= 11 is 0. The molecule has 2 aromatic carbocycles. The van der Waals surface area contributed by atoms with Gasteiger partial charge in [0.25, 0.3) is 5.91 Å². The molecule has 2 N–H and O–H groups in total. The number of H-pyrrole nitrogens is 1. The van der Waals surface area contributed by atoms with Gasteiger partial charge in [-0.1, -0.05) is 12.5 Å². The highest BCUT2D eigenvalue weighted by Crippen LogP contribution is 2.50. The van der Waals surface area contributed by atoms with Gasteiger partial charge in [0.15, 0.2) is 0 Å². The predicted molar refractivity (Wildman–Crippen MR) is 159 cm³/mol. The van der Waals surface area contributed by atoms with Gasteiger partial charge in [0.1, 0.15) is 5.75 Å². The zero-order valence-corrected chi connectivity index (χ0v) is 25.3. The van der Waals surface area contributed by atoms with Gasteiger partial charge in [0, 0.05) is 79.8 Å². The van der Waals surface area contributed by atoms with Gasteiger partial charge in [-0.2, -0.15) is 13.2 Å². The highest BCUT2D eigenvalue weighted by atomic mass is 19.4. The number of hydrogen-bond donors (Lipinski definition) is 2. The molecule has 1 saturated carbocycles. The van der Waals surface area contributed by atoms with Crippen molar-refractivity contribution in [2.45, 2.75) is 56.3 Å². The van der Waals surface area contributed by atoms with Gasteiger partial charge in [0.05, 0.1) is 25.3 Å². The van der Waals surface area contributed by atoms with E-state index in [2.05, 4.69) is 4.98 Å². The first-order valence-corrected chi connectivity index (χ1v) is 15.2. The van der Waals surface area contributed by atoms with Crippen molar-refractivity contribution in [1.82, 2.24) is 19.7 Å². The standard InChI is InChI=1S/C33H39F3N4O4/c1-38(2)30(42)21-7-8-22(25(15-21)33(34,35)36)17-40-19-32(11-13-39(14-12-32)31(43)20-5-4-6-20)28-24-10-9-23(44-3)16-26(24)37-29(28)27(40)18-41/h7-10,15-16,20,27,37,41H,4-6,11-14,17-19H2,1-3H3. The Hall–Kier alpha value is -3.57. The Bertz CT molecular complexity index is 1570. The number of ether oxygens (including phenoxy) is 1. The number of likely N-dealkylation sites (tertiary alicyclic amines) is 1. The van der Waals surface area contributed by atoms with E-state index in [1.165, 1.54) is 31.1 Å². The van der Waals surface area contributed by atoms with Gasteiger partial charge < -0.3 is 24.6 Å². The number of carbonyl (C=O) groups excluding carboxylic acids is 2. The predicted octanol–water partition coefficient (Wildman–Crippen LogP) is 5.11. The molecule has 3 aliphatic rings. The maximum atomic E-state index is 14.4. The largest absolute Gasteiger partial charge is 0.497 e. The van der Waals surface area contributed by atoms with E-state index in [0.29, 0.717) is 38.2 Å². The Morgan fingerprint density at radius 1 is 1.11 bits per heavy atom. The number of piperidine rings is 1. The molecule has 8 nitrogen and oxygen atoms in total. The average Bonchev–Trinajstić information content (AvgIpc) is 3.35. The van der Waals surface area contributed by atoms with Gasteiger partial charge in [0.2, 0.25) is 5.91 Å². The Balaban J connectivity index is 1.40. The molecule has 1 aliphatic carbocycles. The molecule has 0 bridgehead atoms. The second-order valence-electron chi connectivity index (χ2n) is 12.7. The Labute approximate surface area is 254 Å². The number of rotatable bonds is 6. The maximum Gasteiger partial charge on any atom is 0.416 e. The van der Waals surface area contributed by atoms with E-state index in [0.717, 1.165) is 47.5 Å². The minimum atomic E-state index is -4.67. The first kappa shape index (κ1) is 30.5. The maximum absolute atomic E-state index is 14.4. The summed E-state index contributed by atoms with van der Waals surface area (Å²) in [6, 6.07) is 8.97. The molecule has 1 atom stereocenters. The SMILES string of the molecule is COc1ccc2c3c([nH]c2c1)C(CO)N(Cc1ccc(C(=O)N(C)C)cc1C(F)(F)F)CC31CCN(C(=O)C2CCC2)CC1. The van der Waals surface area contributed by atoms with E-state index < -0.39 is 29.1 Å². The van der Waals surface area contributed by atoms with E-state index in [1.54, 1.807) is 7.11 Å². The lowest BCUT2D eigenvalue weighted by Crippen LogP contribution is -2.55.